The zero-order valence-electron chi connectivity index (χ0n) is 11.5. The van der Waals surface area contributed by atoms with E-state index in [0.717, 1.165) is 5.56 Å². The van der Waals surface area contributed by atoms with Crippen LogP contribution in [0.3, 0.4) is 0 Å². The van der Waals surface area contributed by atoms with Crippen LogP contribution in [0.25, 0.3) is 0 Å². The van der Waals surface area contributed by atoms with Gasteiger partial charge in [0.15, 0.2) is 5.92 Å². The van der Waals surface area contributed by atoms with Gasteiger partial charge in [-0.15, -0.1) is 0 Å². The van der Waals surface area contributed by atoms with Crippen LogP contribution in [0.4, 0.5) is 0 Å². The number of carbonyl (C=O) groups is 2. The van der Waals surface area contributed by atoms with E-state index in [2.05, 4.69) is 57.3 Å². The number of ether oxygens (including phenoxy) is 2. The molecule has 0 aromatic heterocycles. The second-order valence-corrected chi connectivity index (χ2v) is 7.33. The number of esters is 2. The lowest BCUT2D eigenvalue weighted by Crippen LogP contribution is -2.39. The van der Waals surface area contributed by atoms with E-state index in [9.17, 15) is 9.59 Å². The van der Waals surface area contributed by atoms with Crippen LogP contribution in [-0.4, -0.2) is 35.8 Å². The third-order valence-corrected chi connectivity index (χ3v) is 7.64. The molecule has 0 aliphatic carbocycles. The number of hydrogen-bond donors (Lipinski definition) is 0. The van der Waals surface area contributed by atoms with E-state index in [-0.39, 0.29) is 9.65 Å². The lowest BCUT2D eigenvalue weighted by Gasteiger charge is -2.26. The first-order chi connectivity index (χ1) is 9.93. The summed E-state index contributed by atoms with van der Waals surface area (Å²) in [4.78, 5) is 22.8. The van der Waals surface area contributed by atoms with E-state index >= 15 is 0 Å². The predicted octanol–water partition coefficient (Wildman–Crippen LogP) is 3.61. The van der Waals surface area contributed by atoms with Crippen LogP contribution in [0.2, 0.25) is 0 Å². The molecule has 1 aromatic rings. The molecule has 0 N–H and O–H groups in total. The molecule has 0 spiro atoms. The third kappa shape index (κ3) is 4.79. The van der Waals surface area contributed by atoms with Gasteiger partial charge in [0.1, 0.15) is 0 Å². The molecular weight excluding hydrogens is 472 g/mol. The van der Waals surface area contributed by atoms with E-state index < -0.39 is 22.7 Å². The van der Waals surface area contributed by atoms with Gasteiger partial charge in [0.25, 0.3) is 0 Å². The minimum Gasteiger partial charge on any atom is -0.468 e. The first-order valence-electron chi connectivity index (χ1n) is 6.06. The lowest BCUT2D eigenvalue weighted by molar-refractivity contribution is -0.158. The van der Waals surface area contributed by atoms with Crippen molar-refractivity contribution in [1.29, 1.82) is 0 Å². The van der Waals surface area contributed by atoms with Crippen molar-refractivity contribution in [3.63, 3.8) is 0 Å². The smallest absolute Gasteiger partial charge is 0.321 e. The van der Waals surface area contributed by atoms with Crippen molar-refractivity contribution >= 4 is 59.7 Å². The molecule has 3 atom stereocenters. The highest BCUT2D eigenvalue weighted by atomic mass is 79.9. The summed E-state index contributed by atoms with van der Waals surface area (Å²) in [5.41, 5.74) is 1.03. The average Bonchev–Trinajstić information content (AvgIpc) is 2.53. The number of hydrogen-bond acceptors (Lipinski definition) is 4. The minimum absolute atomic E-state index is 0.0973. The minimum atomic E-state index is -1.05. The number of rotatable bonds is 6. The normalized spacial score (nSPS) is 15.1. The van der Waals surface area contributed by atoms with Gasteiger partial charge >= 0.3 is 11.9 Å². The van der Waals surface area contributed by atoms with Crippen LogP contribution in [-0.2, 0) is 19.1 Å². The largest absolute Gasteiger partial charge is 0.468 e. The number of benzene rings is 1. The number of carbonyl (C=O) groups excluding carboxylic acids is 2. The van der Waals surface area contributed by atoms with Crippen molar-refractivity contribution in [3.05, 3.63) is 35.9 Å². The van der Waals surface area contributed by atoms with E-state index in [0.29, 0.717) is 0 Å². The fraction of sp³-hybridized carbons (Fsp3) is 0.429. The van der Waals surface area contributed by atoms with Crippen molar-refractivity contribution in [2.45, 2.75) is 14.5 Å². The summed E-state index contributed by atoms with van der Waals surface area (Å²) in [5, 5.41) is 0. The Balaban J connectivity index is 2.95. The SMILES string of the molecule is COC(=O)C(C(=O)OC)[C@@H](Br)[C@@H](Br)[C@H](Br)c1ccccc1. The Hall–Kier alpha value is -0.400. The van der Waals surface area contributed by atoms with Crippen molar-refractivity contribution in [2.75, 3.05) is 14.2 Å². The Morgan fingerprint density at radius 2 is 1.38 bits per heavy atom. The second kappa shape index (κ2) is 8.90. The summed E-state index contributed by atoms with van der Waals surface area (Å²) >= 11 is 10.5. The van der Waals surface area contributed by atoms with Crippen LogP contribution < -0.4 is 0 Å². The van der Waals surface area contributed by atoms with Crippen LogP contribution in [0.1, 0.15) is 10.4 Å². The Bertz CT molecular complexity index is 464. The molecule has 0 amide bonds. The van der Waals surface area contributed by atoms with E-state index in [1.165, 1.54) is 14.2 Å². The molecule has 4 nitrogen and oxygen atoms in total. The molecule has 0 unspecified atom stereocenters. The fourth-order valence-electron chi connectivity index (χ4n) is 1.78. The molecule has 0 saturated heterocycles. The summed E-state index contributed by atoms with van der Waals surface area (Å²) in [6.45, 7) is 0. The standard InChI is InChI=1S/C14H15Br3O4/c1-20-13(18)9(14(19)21-2)11(16)12(17)10(15)8-6-4-3-5-7-8/h3-7,9-12H,1-2H3/t10-,11-,12+/m1/s1. The summed E-state index contributed by atoms with van der Waals surface area (Å²) in [6, 6.07) is 9.68. The van der Waals surface area contributed by atoms with E-state index in [4.69, 9.17) is 0 Å². The maximum atomic E-state index is 11.8. The molecule has 0 bridgehead atoms. The van der Waals surface area contributed by atoms with Gasteiger partial charge in [0, 0.05) is 4.83 Å². The molecule has 0 fully saturated rings. The van der Waals surface area contributed by atoms with Crippen molar-refractivity contribution < 1.29 is 19.1 Å². The van der Waals surface area contributed by atoms with E-state index in [1.807, 2.05) is 30.3 Å². The van der Waals surface area contributed by atoms with Crippen molar-refractivity contribution in [3.8, 4) is 0 Å². The molecule has 116 valence electrons. The maximum absolute atomic E-state index is 11.8. The maximum Gasteiger partial charge on any atom is 0.321 e. The first-order valence-corrected chi connectivity index (χ1v) is 8.81. The summed E-state index contributed by atoms with van der Waals surface area (Å²) < 4.78 is 9.37. The zero-order chi connectivity index (χ0) is 16.0. The Morgan fingerprint density at radius 1 is 0.905 bits per heavy atom. The molecule has 1 rings (SSSR count). The molecule has 7 heteroatoms. The molecule has 0 radical (unpaired) electrons. The highest BCUT2D eigenvalue weighted by molar-refractivity contribution is 9.13. The Morgan fingerprint density at radius 3 is 1.81 bits per heavy atom. The number of methoxy groups -OCH3 is 2. The molecule has 0 heterocycles. The topological polar surface area (TPSA) is 52.6 Å². The molecular formula is C14H15Br3O4. The Kier molecular flexibility index (Phi) is 7.90. The van der Waals surface area contributed by atoms with Gasteiger partial charge < -0.3 is 9.47 Å². The van der Waals surface area contributed by atoms with Gasteiger partial charge in [-0.05, 0) is 5.56 Å². The third-order valence-electron chi connectivity index (χ3n) is 2.93. The van der Waals surface area contributed by atoms with Crippen LogP contribution in [0, 0.1) is 5.92 Å². The molecule has 0 aliphatic heterocycles. The summed E-state index contributed by atoms with van der Waals surface area (Å²) in [6.07, 6.45) is 0. The van der Waals surface area contributed by atoms with Gasteiger partial charge in [-0.3, -0.25) is 9.59 Å². The van der Waals surface area contributed by atoms with Crippen LogP contribution in [0.15, 0.2) is 30.3 Å². The zero-order valence-corrected chi connectivity index (χ0v) is 16.2. The second-order valence-electron chi connectivity index (χ2n) is 4.23. The van der Waals surface area contributed by atoms with Gasteiger partial charge in [-0.25, -0.2) is 0 Å². The van der Waals surface area contributed by atoms with Gasteiger partial charge in [-0.1, -0.05) is 78.1 Å². The summed E-state index contributed by atoms with van der Waals surface area (Å²) in [7, 11) is 2.48. The van der Waals surface area contributed by atoms with Gasteiger partial charge in [-0.2, -0.15) is 0 Å². The van der Waals surface area contributed by atoms with Crippen LogP contribution in [0.5, 0.6) is 0 Å². The molecule has 21 heavy (non-hydrogen) atoms. The van der Waals surface area contributed by atoms with Gasteiger partial charge in [0.05, 0.1) is 23.9 Å². The highest BCUT2D eigenvalue weighted by Crippen LogP contribution is 2.38. The predicted molar refractivity (Wildman–Crippen MR) is 91.1 cm³/mol. The first kappa shape index (κ1) is 18.6. The number of alkyl halides is 3. The summed E-state index contributed by atoms with van der Waals surface area (Å²) in [5.74, 6) is -2.32. The van der Waals surface area contributed by atoms with Gasteiger partial charge in [0.2, 0.25) is 0 Å². The molecule has 0 saturated carbocycles. The number of halogens is 3. The Labute approximate surface area is 149 Å². The quantitative estimate of drug-likeness (QED) is 0.350. The highest BCUT2D eigenvalue weighted by Gasteiger charge is 2.41. The van der Waals surface area contributed by atoms with Crippen molar-refractivity contribution in [1.82, 2.24) is 0 Å². The molecule has 0 aliphatic rings. The lowest BCUT2D eigenvalue weighted by atomic mass is 9.99. The van der Waals surface area contributed by atoms with E-state index in [1.54, 1.807) is 0 Å². The van der Waals surface area contributed by atoms with Crippen LogP contribution >= 0.6 is 47.8 Å². The fourth-order valence-corrected chi connectivity index (χ4v) is 4.17. The average molecular weight is 487 g/mol. The monoisotopic (exact) mass is 484 g/mol. The van der Waals surface area contributed by atoms with Crippen molar-refractivity contribution in [2.24, 2.45) is 5.92 Å². The molecule has 1 aromatic carbocycles.